The molecule has 0 spiro atoms. The lowest BCUT2D eigenvalue weighted by atomic mass is 9.95. The Morgan fingerprint density at radius 2 is 1.86 bits per heavy atom. The number of likely N-dealkylation sites (tertiary alicyclic amines) is 1. The van der Waals surface area contributed by atoms with Crippen molar-refractivity contribution < 1.29 is 29.3 Å². The lowest BCUT2D eigenvalue weighted by molar-refractivity contribution is -0.140. The highest BCUT2D eigenvalue weighted by molar-refractivity contribution is 6.46. The molecule has 2 aromatic carbocycles. The number of nitrogens with zero attached hydrogens (tertiary/aromatic N) is 1. The van der Waals surface area contributed by atoms with E-state index >= 15 is 0 Å². The second-order valence-electron chi connectivity index (χ2n) is 6.54. The van der Waals surface area contributed by atoms with E-state index in [0.29, 0.717) is 23.5 Å². The van der Waals surface area contributed by atoms with Crippen LogP contribution in [-0.2, 0) is 14.3 Å². The number of aliphatic hydroxyl groups excluding tert-OH is 1. The molecule has 1 atom stereocenters. The van der Waals surface area contributed by atoms with Crippen molar-refractivity contribution in [3.63, 3.8) is 0 Å². The number of hydrogen-bond acceptors (Lipinski definition) is 6. The summed E-state index contributed by atoms with van der Waals surface area (Å²) in [4.78, 5) is 26.8. The highest BCUT2D eigenvalue weighted by atomic mass is 16.5. The van der Waals surface area contributed by atoms with E-state index in [2.05, 4.69) is 0 Å². The van der Waals surface area contributed by atoms with Gasteiger partial charge in [-0.2, -0.15) is 0 Å². The van der Waals surface area contributed by atoms with Crippen molar-refractivity contribution in [3.8, 4) is 11.5 Å². The first-order valence-corrected chi connectivity index (χ1v) is 9.27. The molecule has 1 unspecified atom stereocenters. The minimum Gasteiger partial charge on any atom is -0.508 e. The zero-order valence-corrected chi connectivity index (χ0v) is 16.3. The van der Waals surface area contributed by atoms with E-state index in [1.807, 2.05) is 6.92 Å². The van der Waals surface area contributed by atoms with Crippen molar-refractivity contribution in [3.05, 3.63) is 65.2 Å². The van der Waals surface area contributed by atoms with Crippen LogP contribution < -0.4 is 4.74 Å². The second-order valence-corrected chi connectivity index (χ2v) is 6.54. The number of hydrogen-bond donors (Lipinski definition) is 2. The molecule has 29 heavy (non-hydrogen) atoms. The molecule has 7 nitrogen and oxygen atoms in total. The van der Waals surface area contributed by atoms with Gasteiger partial charge in [0.15, 0.2) is 0 Å². The van der Waals surface area contributed by atoms with Crippen molar-refractivity contribution in [1.82, 2.24) is 4.90 Å². The molecule has 0 saturated carbocycles. The first-order chi connectivity index (χ1) is 14.0. The molecule has 152 valence electrons. The first-order valence-electron chi connectivity index (χ1n) is 9.27. The first kappa shape index (κ1) is 20.4. The van der Waals surface area contributed by atoms with Gasteiger partial charge in [-0.3, -0.25) is 9.59 Å². The number of carbonyl (C=O) groups is 2. The Balaban J connectivity index is 2.10. The third-order valence-electron chi connectivity index (χ3n) is 4.70. The summed E-state index contributed by atoms with van der Waals surface area (Å²) in [5.41, 5.74) is 0.886. The maximum absolute atomic E-state index is 12.8. The molecule has 2 N–H and O–H groups in total. The van der Waals surface area contributed by atoms with Gasteiger partial charge in [-0.1, -0.05) is 12.1 Å². The Morgan fingerprint density at radius 1 is 1.14 bits per heavy atom. The van der Waals surface area contributed by atoms with Gasteiger partial charge in [-0.25, -0.2) is 0 Å². The number of ether oxygens (including phenoxy) is 2. The number of aromatic hydroxyl groups is 1. The number of carbonyl (C=O) groups excluding carboxylic acids is 2. The maximum Gasteiger partial charge on any atom is 0.295 e. The van der Waals surface area contributed by atoms with Crippen LogP contribution in [-0.4, -0.2) is 53.7 Å². The Labute approximate surface area is 168 Å². The number of amides is 1. The second kappa shape index (κ2) is 8.79. The third-order valence-corrected chi connectivity index (χ3v) is 4.70. The molecule has 1 aliphatic rings. The smallest absolute Gasteiger partial charge is 0.295 e. The summed E-state index contributed by atoms with van der Waals surface area (Å²) < 4.78 is 10.5. The van der Waals surface area contributed by atoms with Gasteiger partial charge >= 0.3 is 0 Å². The summed E-state index contributed by atoms with van der Waals surface area (Å²) in [5.74, 6) is -1.14. The Bertz CT molecular complexity index is 935. The SMILES string of the molecule is CCOc1ccc(C(O)=C2C(=O)C(=O)N(CCOC)C2c2cccc(O)c2)cc1. The van der Waals surface area contributed by atoms with Crippen LogP contribution >= 0.6 is 0 Å². The van der Waals surface area contributed by atoms with Crippen LogP contribution in [0.25, 0.3) is 5.76 Å². The molecule has 1 fully saturated rings. The summed E-state index contributed by atoms with van der Waals surface area (Å²) >= 11 is 0. The van der Waals surface area contributed by atoms with Crippen molar-refractivity contribution in [2.24, 2.45) is 0 Å². The van der Waals surface area contributed by atoms with Gasteiger partial charge in [-0.05, 0) is 48.9 Å². The summed E-state index contributed by atoms with van der Waals surface area (Å²) in [6.45, 7) is 2.77. The molecule has 0 radical (unpaired) electrons. The number of aliphatic hydroxyl groups is 1. The molecule has 3 rings (SSSR count). The zero-order chi connectivity index (χ0) is 21.0. The van der Waals surface area contributed by atoms with Gasteiger partial charge in [0.2, 0.25) is 0 Å². The predicted molar refractivity (Wildman–Crippen MR) is 107 cm³/mol. The molecule has 0 bridgehead atoms. The monoisotopic (exact) mass is 397 g/mol. The lowest BCUT2D eigenvalue weighted by Crippen LogP contribution is -2.32. The number of rotatable bonds is 7. The maximum atomic E-state index is 12.8. The number of phenolic OH excluding ortho intramolecular Hbond substituents is 1. The lowest BCUT2D eigenvalue weighted by Gasteiger charge is -2.25. The number of phenols is 1. The van der Waals surface area contributed by atoms with Gasteiger partial charge in [0.1, 0.15) is 17.3 Å². The van der Waals surface area contributed by atoms with Crippen LogP contribution in [0.1, 0.15) is 24.1 Å². The van der Waals surface area contributed by atoms with E-state index in [0.717, 1.165) is 0 Å². The van der Waals surface area contributed by atoms with Crippen LogP contribution in [0.3, 0.4) is 0 Å². The Hall–Kier alpha value is -3.32. The number of benzene rings is 2. The fraction of sp³-hybridized carbons (Fsp3) is 0.273. The normalized spacial score (nSPS) is 18.3. The average molecular weight is 397 g/mol. The average Bonchev–Trinajstić information content (AvgIpc) is 2.97. The van der Waals surface area contributed by atoms with Gasteiger partial charge in [0.25, 0.3) is 11.7 Å². The quantitative estimate of drug-likeness (QED) is 0.424. The molecule has 2 aromatic rings. The van der Waals surface area contributed by atoms with E-state index < -0.39 is 17.7 Å². The van der Waals surface area contributed by atoms with E-state index in [9.17, 15) is 19.8 Å². The van der Waals surface area contributed by atoms with Crippen molar-refractivity contribution in [2.45, 2.75) is 13.0 Å². The van der Waals surface area contributed by atoms with Gasteiger partial charge in [0, 0.05) is 19.2 Å². The highest BCUT2D eigenvalue weighted by Gasteiger charge is 2.45. The topological polar surface area (TPSA) is 96.3 Å². The summed E-state index contributed by atoms with van der Waals surface area (Å²) in [6, 6.07) is 12.1. The van der Waals surface area contributed by atoms with E-state index in [1.54, 1.807) is 36.4 Å². The van der Waals surface area contributed by atoms with Crippen LogP contribution in [0.4, 0.5) is 0 Å². The standard InChI is InChI=1S/C22H23NO6/c1-3-29-17-9-7-14(8-10-17)20(25)18-19(15-5-4-6-16(24)13-15)23(11-12-28-2)22(27)21(18)26/h4-10,13,19,24-25H,3,11-12H2,1-2H3. The van der Waals surface area contributed by atoms with Crippen LogP contribution in [0.2, 0.25) is 0 Å². The molecule has 1 saturated heterocycles. The third kappa shape index (κ3) is 4.09. The molecule has 0 aromatic heterocycles. The molecule has 1 heterocycles. The van der Waals surface area contributed by atoms with E-state index in [1.165, 1.54) is 24.1 Å². The zero-order valence-electron chi connectivity index (χ0n) is 16.3. The summed E-state index contributed by atoms with van der Waals surface area (Å²) in [7, 11) is 1.50. The van der Waals surface area contributed by atoms with Crippen molar-refractivity contribution >= 4 is 17.4 Å². The molecule has 0 aliphatic carbocycles. The summed E-state index contributed by atoms with van der Waals surface area (Å²) in [5, 5.41) is 20.8. The van der Waals surface area contributed by atoms with Crippen molar-refractivity contribution in [2.75, 3.05) is 26.9 Å². The highest BCUT2D eigenvalue weighted by Crippen LogP contribution is 2.40. The van der Waals surface area contributed by atoms with Crippen LogP contribution in [0, 0.1) is 0 Å². The van der Waals surface area contributed by atoms with Gasteiger partial charge < -0.3 is 24.6 Å². The van der Waals surface area contributed by atoms with Crippen LogP contribution in [0.5, 0.6) is 11.5 Å². The van der Waals surface area contributed by atoms with Gasteiger partial charge in [0.05, 0.1) is 24.8 Å². The number of methoxy groups -OCH3 is 1. The Morgan fingerprint density at radius 3 is 2.48 bits per heavy atom. The number of ketones is 1. The minimum absolute atomic E-state index is 0.000830. The largest absolute Gasteiger partial charge is 0.508 e. The molecular weight excluding hydrogens is 374 g/mol. The Kier molecular flexibility index (Phi) is 6.19. The van der Waals surface area contributed by atoms with Crippen molar-refractivity contribution in [1.29, 1.82) is 0 Å². The fourth-order valence-corrected chi connectivity index (χ4v) is 3.37. The summed E-state index contributed by atoms with van der Waals surface area (Å²) in [6.07, 6.45) is 0. The van der Waals surface area contributed by atoms with E-state index in [4.69, 9.17) is 9.47 Å². The van der Waals surface area contributed by atoms with Gasteiger partial charge in [-0.15, -0.1) is 0 Å². The van der Waals surface area contributed by atoms with Crippen LogP contribution in [0.15, 0.2) is 54.1 Å². The number of Topliss-reactive ketones (excluding diaryl/α,β-unsaturated/α-hetero) is 1. The fourth-order valence-electron chi connectivity index (χ4n) is 3.37. The molecule has 1 amide bonds. The molecule has 1 aliphatic heterocycles. The van der Waals surface area contributed by atoms with E-state index in [-0.39, 0.29) is 30.2 Å². The molecular formula is C22H23NO6. The minimum atomic E-state index is -0.830. The predicted octanol–water partition coefficient (Wildman–Crippen LogP) is 2.86. The molecule has 7 heteroatoms.